The van der Waals surface area contributed by atoms with Crippen LogP contribution in [-0.4, -0.2) is 6.04 Å². The van der Waals surface area contributed by atoms with Gasteiger partial charge in [-0.3, -0.25) is 0 Å². The quantitative estimate of drug-likeness (QED) is 0.798. The van der Waals surface area contributed by atoms with Crippen LogP contribution < -0.4 is 5.32 Å². The van der Waals surface area contributed by atoms with Crippen molar-refractivity contribution < 1.29 is 0 Å². The molecule has 88 valence electrons. The maximum absolute atomic E-state index is 3.68. The highest BCUT2D eigenvalue weighted by Gasteiger charge is 2.20. The third kappa shape index (κ3) is 2.78. The van der Waals surface area contributed by atoms with Crippen LogP contribution in [0.4, 0.5) is 5.69 Å². The SMILES string of the molecule is CCc1ccc(NC2CCCCC2C)cc1. The molecule has 0 heterocycles. The van der Waals surface area contributed by atoms with Gasteiger partial charge in [-0.2, -0.15) is 0 Å². The van der Waals surface area contributed by atoms with Crippen molar-refractivity contribution in [1.29, 1.82) is 0 Å². The summed E-state index contributed by atoms with van der Waals surface area (Å²) in [7, 11) is 0. The van der Waals surface area contributed by atoms with Crippen LogP contribution in [-0.2, 0) is 6.42 Å². The molecule has 1 aliphatic rings. The first-order valence-corrected chi connectivity index (χ1v) is 6.65. The Morgan fingerprint density at radius 3 is 2.44 bits per heavy atom. The highest BCUT2D eigenvalue weighted by atomic mass is 14.9. The van der Waals surface area contributed by atoms with Crippen LogP contribution in [0.15, 0.2) is 24.3 Å². The molecular formula is C15H23N. The van der Waals surface area contributed by atoms with Gasteiger partial charge < -0.3 is 5.32 Å². The Morgan fingerprint density at radius 1 is 1.12 bits per heavy atom. The average molecular weight is 217 g/mol. The normalized spacial score (nSPS) is 25.4. The molecule has 1 aromatic rings. The highest BCUT2D eigenvalue weighted by Crippen LogP contribution is 2.26. The molecule has 1 fully saturated rings. The minimum Gasteiger partial charge on any atom is -0.382 e. The second-order valence-electron chi connectivity index (χ2n) is 5.06. The molecule has 0 spiro atoms. The van der Waals surface area contributed by atoms with E-state index in [0.717, 1.165) is 12.3 Å². The van der Waals surface area contributed by atoms with Gasteiger partial charge in [0.2, 0.25) is 0 Å². The van der Waals surface area contributed by atoms with Crippen LogP contribution in [0.2, 0.25) is 0 Å². The van der Waals surface area contributed by atoms with Gasteiger partial charge in [-0.1, -0.05) is 38.8 Å². The number of aryl methyl sites for hydroxylation is 1. The van der Waals surface area contributed by atoms with Crippen molar-refractivity contribution in [3.05, 3.63) is 29.8 Å². The fourth-order valence-electron chi connectivity index (χ4n) is 2.58. The van der Waals surface area contributed by atoms with Crippen molar-refractivity contribution in [1.82, 2.24) is 0 Å². The summed E-state index contributed by atoms with van der Waals surface area (Å²) in [5.41, 5.74) is 2.71. The molecule has 1 nitrogen and oxygen atoms in total. The molecule has 0 saturated heterocycles. The number of hydrogen-bond acceptors (Lipinski definition) is 1. The Bertz CT molecular complexity index is 315. The van der Waals surface area contributed by atoms with Crippen LogP contribution in [0.1, 0.15) is 45.1 Å². The van der Waals surface area contributed by atoms with Crippen LogP contribution in [0, 0.1) is 5.92 Å². The van der Waals surface area contributed by atoms with E-state index in [-0.39, 0.29) is 0 Å². The molecule has 1 N–H and O–H groups in total. The molecule has 1 aliphatic carbocycles. The maximum atomic E-state index is 3.68. The van der Waals surface area contributed by atoms with E-state index in [2.05, 4.69) is 43.4 Å². The smallest absolute Gasteiger partial charge is 0.0342 e. The Morgan fingerprint density at radius 2 is 1.81 bits per heavy atom. The lowest BCUT2D eigenvalue weighted by Gasteiger charge is -2.30. The topological polar surface area (TPSA) is 12.0 Å². The predicted octanol–water partition coefficient (Wildman–Crippen LogP) is 4.24. The molecule has 0 aliphatic heterocycles. The predicted molar refractivity (Wildman–Crippen MR) is 70.9 cm³/mol. The minimum atomic E-state index is 0.682. The van der Waals surface area contributed by atoms with E-state index in [1.165, 1.54) is 36.9 Å². The summed E-state index contributed by atoms with van der Waals surface area (Å²) in [4.78, 5) is 0. The summed E-state index contributed by atoms with van der Waals surface area (Å²) in [5, 5.41) is 3.68. The Labute approximate surface area is 99.3 Å². The standard InChI is InChI=1S/C15H23N/c1-3-13-8-10-14(11-9-13)16-15-7-5-4-6-12(15)2/h8-12,15-16H,3-7H2,1-2H3. The maximum Gasteiger partial charge on any atom is 0.0342 e. The fraction of sp³-hybridized carbons (Fsp3) is 0.600. The van der Waals surface area contributed by atoms with E-state index in [9.17, 15) is 0 Å². The largest absolute Gasteiger partial charge is 0.382 e. The molecule has 0 bridgehead atoms. The molecule has 2 rings (SSSR count). The second-order valence-corrected chi connectivity index (χ2v) is 5.06. The third-order valence-corrected chi connectivity index (χ3v) is 3.83. The molecule has 2 atom stereocenters. The summed E-state index contributed by atoms with van der Waals surface area (Å²) < 4.78 is 0. The van der Waals surface area contributed by atoms with Gasteiger partial charge in [0.15, 0.2) is 0 Å². The zero-order chi connectivity index (χ0) is 11.4. The molecule has 1 heteroatoms. The van der Waals surface area contributed by atoms with E-state index >= 15 is 0 Å². The van der Waals surface area contributed by atoms with Gasteiger partial charge in [-0.05, 0) is 42.9 Å². The van der Waals surface area contributed by atoms with Gasteiger partial charge in [0, 0.05) is 11.7 Å². The van der Waals surface area contributed by atoms with Crippen LogP contribution >= 0.6 is 0 Å². The van der Waals surface area contributed by atoms with Gasteiger partial charge >= 0.3 is 0 Å². The highest BCUT2D eigenvalue weighted by molar-refractivity contribution is 5.45. The lowest BCUT2D eigenvalue weighted by molar-refractivity contribution is 0.349. The number of rotatable bonds is 3. The lowest BCUT2D eigenvalue weighted by Crippen LogP contribution is -2.30. The number of anilines is 1. The first kappa shape index (κ1) is 11.5. The second kappa shape index (κ2) is 5.38. The van der Waals surface area contributed by atoms with Crippen molar-refractivity contribution >= 4 is 5.69 Å². The Balaban J connectivity index is 1.96. The third-order valence-electron chi connectivity index (χ3n) is 3.83. The van der Waals surface area contributed by atoms with E-state index in [0.29, 0.717) is 6.04 Å². The molecular weight excluding hydrogens is 194 g/mol. The Hall–Kier alpha value is -0.980. The summed E-state index contributed by atoms with van der Waals surface area (Å²) in [6.45, 7) is 4.57. The number of hydrogen-bond donors (Lipinski definition) is 1. The van der Waals surface area contributed by atoms with Gasteiger partial charge in [-0.15, -0.1) is 0 Å². The van der Waals surface area contributed by atoms with Crippen LogP contribution in [0.5, 0.6) is 0 Å². The van der Waals surface area contributed by atoms with Crippen molar-refractivity contribution in [3.8, 4) is 0 Å². The van der Waals surface area contributed by atoms with E-state index in [1.807, 2.05) is 0 Å². The van der Waals surface area contributed by atoms with Crippen LogP contribution in [0.25, 0.3) is 0 Å². The van der Waals surface area contributed by atoms with E-state index in [1.54, 1.807) is 0 Å². The molecule has 1 aromatic carbocycles. The van der Waals surface area contributed by atoms with Crippen molar-refractivity contribution in [3.63, 3.8) is 0 Å². The Kier molecular flexibility index (Phi) is 3.87. The number of nitrogens with one attached hydrogen (secondary N) is 1. The lowest BCUT2D eigenvalue weighted by atomic mass is 9.86. The molecule has 2 unspecified atom stereocenters. The van der Waals surface area contributed by atoms with E-state index < -0.39 is 0 Å². The summed E-state index contributed by atoms with van der Waals surface area (Å²) in [5.74, 6) is 0.819. The van der Waals surface area contributed by atoms with Gasteiger partial charge in [-0.25, -0.2) is 0 Å². The first-order chi connectivity index (χ1) is 7.79. The van der Waals surface area contributed by atoms with Gasteiger partial charge in [0.1, 0.15) is 0 Å². The molecule has 0 amide bonds. The van der Waals surface area contributed by atoms with Crippen molar-refractivity contribution in [2.45, 2.75) is 52.0 Å². The zero-order valence-corrected chi connectivity index (χ0v) is 10.5. The van der Waals surface area contributed by atoms with Crippen molar-refractivity contribution in [2.75, 3.05) is 5.32 Å². The van der Waals surface area contributed by atoms with Crippen LogP contribution in [0.3, 0.4) is 0 Å². The van der Waals surface area contributed by atoms with Gasteiger partial charge in [0.05, 0.1) is 0 Å². The van der Waals surface area contributed by atoms with Crippen molar-refractivity contribution in [2.24, 2.45) is 5.92 Å². The first-order valence-electron chi connectivity index (χ1n) is 6.65. The van der Waals surface area contributed by atoms with E-state index in [4.69, 9.17) is 0 Å². The molecule has 0 radical (unpaired) electrons. The molecule has 1 saturated carbocycles. The minimum absolute atomic E-state index is 0.682. The fourth-order valence-corrected chi connectivity index (χ4v) is 2.58. The molecule has 0 aromatic heterocycles. The summed E-state index contributed by atoms with van der Waals surface area (Å²) in [6, 6.07) is 9.59. The summed E-state index contributed by atoms with van der Waals surface area (Å²) in [6.07, 6.45) is 6.63. The monoisotopic (exact) mass is 217 g/mol. The van der Waals surface area contributed by atoms with Gasteiger partial charge in [0.25, 0.3) is 0 Å². The average Bonchev–Trinajstić information content (AvgIpc) is 2.33. The number of benzene rings is 1. The summed E-state index contributed by atoms with van der Waals surface area (Å²) >= 11 is 0. The molecule has 16 heavy (non-hydrogen) atoms. The zero-order valence-electron chi connectivity index (χ0n) is 10.5.